The SMILES string of the molecule is Fc1ccccc1N1CCN(CC2(CBr)CCCC2)CC1. The number of hydrogen-bond acceptors (Lipinski definition) is 2. The Morgan fingerprint density at radius 2 is 1.71 bits per heavy atom. The van der Waals surface area contributed by atoms with E-state index in [1.165, 1.54) is 32.2 Å². The van der Waals surface area contributed by atoms with Gasteiger partial charge in [-0.3, -0.25) is 4.90 Å². The van der Waals surface area contributed by atoms with Gasteiger partial charge in [0, 0.05) is 38.1 Å². The fourth-order valence-corrected chi connectivity index (χ4v) is 4.53. The zero-order chi connectivity index (χ0) is 14.7. The van der Waals surface area contributed by atoms with Crippen LogP contribution in [0.4, 0.5) is 10.1 Å². The average Bonchev–Trinajstić information content (AvgIpc) is 2.98. The molecule has 2 fully saturated rings. The molecule has 1 aromatic carbocycles. The quantitative estimate of drug-likeness (QED) is 0.756. The number of hydrogen-bond donors (Lipinski definition) is 0. The standard InChI is InChI=1S/C17H24BrFN2/c18-13-17(7-3-4-8-17)14-20-9-11-21(12-10-20)16-6-2-1-5-15(16)19/h1-2,5-6H,3-4,7-14H2. The van der Waals surface area contributed by atoms with Crippen LogP contribution in [0.2, 0.25) is 0 Å². The van der Waals surface area contributed by atoms with Crippen molar-refractivity contribution in [3.8, 4) is 0 Å². The lowest BCUT2D eigenvalue weighted by atomic mass is 9.88. The van der Waals surface area contributed by atoms with E-state index in [0.29, 0.717) is 5.41 Å². The van der Waals surface area contributed by atoms with Crippen LogP contribution in [-0.2, 0) is 0 Å². The maximum atomic E-state index is 13.9. The van der Waals surface area contributed by atoms with Crippen molar-refractivity contribution in [3.05, 3.63) is 30.1 Å². The molecule has 0 N–H and O–H groups in total. The summed E-state index contributed by atoms with van der Waals surface area (Å²) in [5, 5.41) is 1.12. The molecule has 2 nitrogen and oxygen atoms in total. The zero-order valence-corrected chi connectivity index (χ0v) is 14.1. The largest absolute Gasteiger partial charge is 0.367 e. The summed E-state index contributed by atoms with van der Waals surface area (Å²) in [4.78, 5) is 4.76. The number of alkyl halides is 1. The highest BCUT2D eigenvalue weighted by Gasteiger charge is 2.35. The van der Waals surface area contributed by atoms with Gasteiger partial charge in [-0.25, -0.2) is 4.39 Å². The Labute approximate surface area is 135 Å². The fraction of sp³-hybridized carbons (Fsp3) is 0.647. The molecule has 1 aromatic rings. The Kier molecular flexibility index (Phi) is 4.85. The molecule has 3 rings (SSSR count). The molecular weight excluding hydrogens is 331 g/mol. The summed E-state index contributed by atoms with van der Waals surface area (Å²) in [5.74, 6) is -0.0985. The van der Waals surface area contributed by atoms with E-state index < -0.39 is 0 Å². The van der Waals surface area contributed by atoms with Gasteiger partial charge in [-0.05, 0) is 30.4 Å². The van der Waals surface area contributed by atoms with Crippen molar-refractivity contribution in [2.24, 2.45) is 5.41 Å². The molecule has 1 saturated carbocycles. The van der Waals surface area contributed by atoms with Crippen molar-refractivity contribution in [1.29, 1.82) is 0 Å². The number of anilines is 1. The number of benzene rings is 1. The molecule has 2 aliphatic rings. The van der Waals surface area contributed by atoms with Crippen molar-refractivity contribution in [2.75, 3.05) is 43.0 Å². The molecule has 0 atom stereocenters. The molecular formula is C17H24BrFN2. The van der Waals surface area contributed by atoms with Crippen LogP contribution in [0.3, 0.4) is 0 Å². The van der Waals surface area contributed by atoms with E-state index in [1.807, 2.05) is 12.1 Å². The summed E-state index contributed by atoms with van der Waals surface area (Å²) in [6.45, 7) is 5.15. The third kappa shape index (κ3) is 3.42. The second-order valence-corrected chi connectivity index (χ2v) is 7.12. The van der Waals surface area contributed by atoms with E-state index in [0.717, 1.165) is 37.2 Å². The van der Waals surface area contributed by atoms with E-state index in [9.17, 15) is 4.39 Å². The van der Waals surface area contributed by atoms with Crippen LogP contribution in [-0.4, -0.2) is 43.0 Å². The minimum absolute atomic E-state index is 0.0985. The fourth-order valence-electron chi connectivity index (χ4n) is 3.79. The topological polar surface area (TPSA) is 6.48 Å². The van der Waals surface area contributed by atoms with Gasteiger partial charge in [-0.15, -0.1) is 0 Å². The lowest BCUT2D eigenvalue weighted by Gasteiger charge is -2.40. The Morgan fingerprint density at radius 1 is 1.05 bits per heavy atom. The van der Waals surface area contributed by atoms with Crippen molar-refractivity contribution >= 4 is 21.6 Å². The molecule has 0 spiro atoms. The smallest absolute Gasteiger partial charge is 0.146 e. The van der Waals surface area contributed by atoms with Crippen molar-refractivity contribution in [1.82, 2.24) is 4.90 Å². The number of nitrogens with zero attached hydrogens (tertiary/aromatic N) is 2. The summed E-state index contributed by atoms with van der Waals surface area (Å²) in [6, 6.07) is 7.13. The van der Waals surface area contributed by atoms with Crippen LogP contribution in [0, 0.1) is 11.2 Å². The van der Waals surface area contributed by atoms with Crippen LogP contribution in [0.1, 0.15) is 25.7 Å². The van der Waals surface area contributed by atoms with E-state index in [-0.39, 0.29) is 5.82 Å². The van der Waals surface area contributed by atoms with Crippen LogP contribution in [0.5, 0.6) is 0 Å². The summed E-state index contributed by atoms with van der Waals surface area (Å²) >= 11 is 3.73. The van der Waals surface area contributed by atoms with Gasteiger partial charge >= 0.3 is 0 Å². The predicted molar refractivity (Wildman–Crippen MR) is 89.7 cm³/mol. The highest BCUT2D eigenvalue weighted by atomic mass is 79.9. The monoisotopic (exact) mass is 354 g/mol. The maximum Gasteiger partial charge on any atom is 0.146 e. The number of para-hydroxylation sites is 1. The van der Waals surface area contributed by atoms with Gasteiger partial charge in [0.2, 0.25) is 0 Å². The molecule has 0 bridgehead atoms. The summed E-state index contributed by atoms with van der Waals surface area (Å²) in [5.41, 5.74) is 1.24. The van der Waals surface area contributed by atoms with Gasteiger partial charge in [-0.2, -0.15) is 0 Å². The number of halogens is 2. The lowest BCUT2D eigenvalue weighted by molar-refractivity contribution is 0.164. The van der Waals surface area contributed by atoms with Gasteiger partial charge in [-0.1, -0.05) is 40.9 Å². The molecule has 1 aliphatic heterocycles. The van der Waals surface area contributed by atoms with Crippen molar-refractivity contribution in [2.45, 2.75) is 25.7 Å². The Bertz CT molecular complexity index is 466. The van der Waals surface area contributed by atoms with E-state index in [1.54, 1.807) is 12.1 Å². The molecule has 0 radical (unpaired) electrons. The first-order chi connectivity index (χ1) is 10.2. The summed E-state index contributed by atoms with van der Waals surface area (Å²) in [7, 11) is 0. The van der Waals surface area contributed by atoms with Crippen LogP contribution in [0.15, 0.2) is 24.3 Å². The van der Waals surface area contributed by atoms with Gasteiger partial charge in [0.25, 0.3) is 0 Å². The Morgan fingerprint density at radius 3 is 2.33 bits per heavy atom. The minimum Gasteiger partial charge on any atom is -0.367 e. The maximum absolute atomic E-state index is 13.9. The molecule has 116 valence electrons. The summed E-state index contributed by atoms with van der Waals surface area (Å²) in [6.07, 6.45) is 5.46. The second kappa shape index (κ2) is 6.66. The van der Waals surface area contributed by atoms with Crippen molar-refractivity contribution in [3.63, 3.8) is 0 Å². The van der Waals surface area contributed by atoms with Crippen LogP contribution < -0.4 is 4.90 Å². The first-order valence-electron chi connectivity index (χ1n) is 8.00. The van der Waals surface area contributed by atoms with E-state index in [4.69, 9.17) is 0 Å². The third-order valence-electron chi connectivity index (χ3n) is 5.07. The van der Waals surface area contributed by atoms with E-state index >= 15 is 0 Å². The first-order valence-corrected chi connectivity index (χ1v) is 9.12. The number of piperazine rings is 1. The first kappa shape index (κ1) is 15.3. The van der Waals surface area contributed by atoms with Gasteiger partial charge in [0.15, 0.2) is 0 Å². The molecule has 1 saturated heterocycles. The molecule has 0 amide bonds. The molecule has 0 unspecified atom stereocenters. The lowest BCUT2D eigenvalue weighted by Crippen LogP contribution is -2.50. The summed E-state index contributed by atoms with van der Waals surface area (Å²) < 4.78 is 13.9. The second-order valence-electron chi connectivity index (χ2n) is 6.56. The van der Waals surface area contributed by atoms with Crippen LogP contribution >= 0.6 is 15.9 Å². The van der Waals surface area contributed by atoms with Gasteiger partial charge < -0.3 is 4.90 Å². The van der Waals surface area contributed by atoms with E-state index in [2.05, 4.69) is 25.7 Å². The molecule has 1 aliphatic carbocycles. The average molecular weight is 355 g/mol. The third-order valence-corrected chi connectivity index (χ3v) is 6.26. The highest BCUT2D eigenvalue weighted by Crippen LogP contribution is 2.40. The Balaban J connectivity index is 1.57. The van der Waals surface area contributed by atoms with Crippen molar-refractivity contribution < 1.29 is 4.39 Å². The normalized spacial score (nSPS) is 22.7. The molecule has 1 heterocycles. The number of rotatable bonds is 4. The Hall–Kier alpha value is -0.610. The van der Waals surface area contributed by atoms with Crippen LogP contribution in [0.25, 0.3) is 0 Å². The molecule has 21 heavy (non-hydrogen) atoms. The molecule has 0 aromatic heterocycles. The molecule has 4 heteroatoms. The van der Waals surface area contributed by atoms with Gasteiger partial charge in [0.05, 0.1) is 5.69 Å². The van der Waals surface area contributed by atoms with Gasteiger partial charge in [0.1, 0.15) is 5.82 Å². The predicted octanol–water partition coefficient (Wildman–Crippen LogP) is 3.90. The highest BCUT2D eigenvalue weighted by molar-refractivity contribution is 9.09. The zero-order valence-electron chi connectivity index (χ0n) is 12.5. The minimum atomic E-state index is -0.0985.